The highest BCUT2D eigenvalue weighted by Gasteiger charge is 2.79. The highest BCUT2D eigenvalue weighted by atomic mass is 33.1. The first-order valence-electron chi connectivity index (χ1n) is 35.1. The van der Waals surface area contributed by atoms with Gasteiger partial charge >= 0.3 is 30.0 Å². The summed E-state index contributed by atoms with van der Waals surface area (Å²) in [5, 5.41) is 114. The van der Waals surface area contributed by atoms with Crippen LogP contribution in [0.25, 0.3) is 10.9 Å². The fourth-order valence-electron chi connectivity index (χ4n) is 16.7. The van der Waals surface area contributed by atoms with Crippen molar-refractivity contribution in [1.29, 1.82) is 0 Å². The maximum Gasteiger partial charge on any atom is 0.426 e. The number of para-hydroxylation sites is 1. The summed E-state index contributed by atoms with van der Waals surface area (Å²) in [6.45, 7) is 6.35. The number of ether oxygens (including phenoxy) is 5. The number of aliphatic hydroxyl groups is 6. The van der Waals surface area contributed by atoms with Crippen LogP contribution < -0.4 is 36.4 Å². The Kier molecular flexibility index (Phi) is 25.1. The summed E-state index contributed by atoms with van der Waals surface area (Å²) in [4.78, 5) is 130. The van der Waals surface area contributed by atoms with Crippen molar-refractivity contribution in [3.8, 4) is 5.75 Å². The third-order valence-electron chi connectivity index (χ3n) is 21.7. The lowest BCUT2D eigenvalue weighted by atomic mass is 9.47. The molecule has 6 aliphatic rings. The number of β-amino-alcohol motifs (C(OH)–C–C–N with tert-alkyl or cyclic N) is 1. The molecule has 2 saturated heterocycles. The Morgan fingerprint density at radius 3 is 2.25 bits per heavy atom. The molecule has 2 unspecified atom stereocenters. The Labute approximate surface area is 617 Å². The number of likely N-dealkylation sites (N-methyl/N-ethyl adjacent to an activating group) is 2. The van der Waals surface area contributed by atoms with Gasteiger partial charge in [-0.1, -0.05) is 77.9 Å². The number of methoxy groups -OCH3 is 2. The number of carboxylic acids is 3. The monoisotopic (exact) mass is 1520 g/mol. The van der Waals surface area contributed by atoms with Gasteiger partial charge in [0.2, 0.25) is 17.7 Å². The van der Waals surface area contributed by atoms with Crippen molar-refractivity contribution in [2.24, 2.45) is 5.41 Å². The van der Waals surface area contributed by atoms with Crippen LogP contribution in [0, 0.1) is 5.41 Å². The molecule has 580 valence electrons. The Morgan fingerprint density at radius 2 is 1.56 bits per heavy atom. The molecule has 15 N–H and O–H groups in total. The van der Waals surface area contributed by atoms with Gasteiger partial charge in [0.05, 0.1) is 51.1 Å². The predicted octanol–water partition coefficient (Wildman–Crippen LogP) is -1.06. The third-order valence-corrected chi connectivity index (χ3v) is 24.1. The zero-order valence-electron chi connectivity index (χ0n) is 59.7. The number of carbonyl (C=O) groups excluding carboxylic acids is 6. The Hall–Kier alpha value is -8.21. The average molecular weight is 1520 g/mol. The molecule has 0 radical (unpaired) electrons. The number of hydrogen-bond donors (Lipinski definition) is 15. The number of fused-ring (bicyclic) bond motifs is 4. The number of benzene rings is 2. The van der Waals surface area contributed by atoms with Crippen LogP contribution in [0.5, 0.6) is 5.75 Å². The van der Waals surface area contributed by atoms with Crippen molar-refractivity contribution in [3.05, 3.63) is 82.8 Å². The first-order valence-corrected chi connectivity index (χ1v) is 37.5. The number of rotatable bonds is 28. The van der Waals surface area contributed by atoms with Gasteiger partial charge in [-0.3, -0.25) is 39.1 Å². The molecule has 1 saturated carbocycles. The Bertz CT molecular complexity index is 3980. The second-order valence-electron chi connectivity index (χ2n) is 27.8. The van der Waals surface area contributed by atoms with Crippen molar-refractivity contribution in [2.45, 2.75) is 181 Å². The number of anilines is 1. The summed E-state index contributed by atoms with van der Waals surface area (Å²) in [5.74, 6) is -9.31. The molecule has 1 aliphatic carbocycles. The zero-order valence-corrected chi connectivity index (χ0v) is 61.4. The van der Waals surface area contributed by atoms with Gasteiger partial charge in [0.1, 0.15) is 60.3 Å². The molecule has 2 aromatic carbocycles. The lowest BCUT2D eigenvalue weighted by molar-refractivity contribution is -0.294. The number of aliphatic carboxylic acids is 3. The van der Waals surface area contributed by atoms with Crippen LogP contribution >= 0.6 is 21.6 Å². The average Bonchev–Trinajstić information content (AvgIpc) is 1.47. The fourth-order valence-corrected chi connectivity index (χ4v) is 18.6. The smallest absolute Gasteiger partial charge is 0.426 e. The van der Waals surface area contributed by atoms with Crippen molar-refractivity contribution >= 4 is 91.8 Å². The van der Waals surface area contributed by atoms with E-state index in [1.807, 2.05) is 69.4 Å². The van der Waals surface area contributed by atoms with E-state index in [-0.39, 0.29) is 56.2 Å². The summed E-state index contributed by atoms with van der Waals surface area (Å²) < 4.78 is 29.4. The number of hydrogen-bond acceptors (Lipinski definition) is 27. The molecule has 1 spiro atoms. The number of esters is 1. The number of hydrazine groups is 1. The van der Waals surface area contributed by atoms with Gasteiger partial charge in [0.25, 0.3) is 5.91 Å². The molecule has 10 rings (SSSR count). The van der Waals surface area contributed by atoms with E-state index in [2.05, 4.69) is 51.9 Å². The molecule has 106 heavy (non-hydrogen) atoms. The molecular formula is C69H94N12O23S2. The number of nitrogens with zero attached hydrogens (tertiary/aromatic N) is 6. The molecule has 37 heteroatoms. The number of aromatic nitrogens is 4. The highest BCUT2D eigenvalue weighted by Crippen LogP contribution is 2.67. The molecule has 16 atom stereocenters. The SMILES string of the molecule is CCC(=O)N[C@@H](CC(=O)O)C(=O)N[C@@H](Cc1cn(CCO[C@@H]2OC(C(=O)O)[C@@H](O)[C@H](O)C2O)nn1)C(=O)N[C@@H](CSSCCOC(=O)NNC(=O)[C@@]1(O)[C@H](O)[C@]2(CC)C=CCN3CC[C@@]4(c5cc([C@@]6(C(=O)OC)CCC[C@@](O)(CC)CN(C)CCc7c6[nH]c6ccccc76)c(OC)cc5N(C)[C@@H]14)[C@@H]32)C(=O)O. The van der Waals surface area contributed by atoms with Crippen molar-refractivity contribution < 1.29 is 113 Å². The van der Waals surface area contributed by atoms with Crippen LogP contribution in [-0.2, 0) is 87.5 Å². The first-order chi connectivity index (χ1) is 50.4. The van der Waals surface area contributed by atoms with E-state index in [1.165, 1.54) is 32.0 Å². The largest absolute Gasteiger partial charge is 0.496 e. The first kappa shape index (κ1) is 80.3. The van der Waals surface area contributed by atoms with Crippen LogP contribution in [0.2, 0.25) is 0 Å². The quantitative estimate of drug-likeness (QED) is 0.0106. The van der Waals surface area contributed by atoms with Crippen LogP contribution in [0.15, 0.2) is 54.7 Å². The topological polar surface area (TPSA) is 498 Å². The zero-order chi connectivity index (χ0) is 77.0. The van der Waals surface area contributed by atoms with Gasteiger partial charge in [0.15, 0.2) is 18.0 Å². The number of carbonyl (C=O) groups is 9. The molecule has 4 aromatic rings. The molecule has 2 aromatic heterocycles. The second-order valence-corrected chi connectivity index (χ2v) is 30.5. The summed E-state index contributed by atoms with van der Waals surface area (Å²) >= 11 is 0. The Morgan fingerprint density at radius 1 is 0.821 bits per heavy atom. The summed E-state index contributed by atoms with van der Waals surface area (Å²) in [6, 6.07) is 4.83. The van der Waals surface area contributed by atoms with E-state index in [9.17, 15) is 79.5 Å². The Balaban J connectivity index is 0.827. The van der Waals surface area contributed by atoms with Crippen molar-refractivity contribution in [1.82, 2.24) is 56.6 Å². The van der Waals surface area contributed by atoms with Gasteiger partial charge in [-0.25, -0.2) is 24.5 Å². The molecule has 7 heterocycles. The minimum atomic E-state index is -2.70. The van der Waals surface area contributed by atoms with Gasteiger partial charge < -0.3 is 100 Å². The number of aromatic amines is 1. The molecular weight excluding hydrogens is 1430 g/mol. The van der Waals surface area contributed by atoms with Crippen LogP contribution in [0.4, 0.5) is 10.5 Å². The van der Waals surface area contributed by atoms with E-state index < -0.39 is 161 Å². The minimum Gasteiger partial charge on any atom is -0.496 e. The number of carboxylic acid groups (broad SMARTS) is 3. The van der Waals surface area contributed by atoms with E-state index in [1.54, 1.807) is 11.9 Å². The van der Waals surface area contributed by atoms with Crippen molar-refractivity contribution in [3.63, 3.8) is 0 Å². The highest BCUT2D eigenvalue weighted by molar-refractivity contribution is 8.76. The van der Waals surface area contributed by atoms with Crippen LogP contribution in [0.1, 0.15) is 100 Å². The van der Waals surface area contributed by atoms with E-state index in [0.717, 1.165) is 38.1 Å². The summed E-state index contributed by atoms with van der Waals surface area (Å²) in [7, 11) is 8.50. The van der Waals surface area contributed by atoms with E-state index >= 15 is 9.59 Å². The van der Waals surface area contributed by atoms with Gasteiger partial charge in [0, 0.05) is 108 Å². The van der Waals surface area contributed by atoms with Gasteiger partial charge in [-0.15, -0.1) is 5.10 Å². The normalized spacial score (nSPS) is 29.3. The lowest BCUT2D eigenvalue weighted by Gasteiger charge is -2.63. The molecule has 3 fully saturated rings. The van der Waals surface area contributed by atoms with E-state index in [0.29, 0.717) is 86.5 Å². The summed E-state index contributed by atoms with van der Waals surface area (Å²) in [6.07, 6.45) is -6.33. The molecule has 0 bridgehead atoms. The van der Waals surface area contributed by atoms with E-state index in [4.69, 9.17) is 23.7 Å². The fraction of sp³-hybridized carbons (Fsp3) is 0.609. The summed E-state index contributed by atoms with van der Waals surface area (Å²) in [5.41, 5.74) is 0.751. The maximum absolute atomic E-state index is 15.5. The molecule has 5 aliphatic heterocycles. The number of H-pyrrole nitrogens is 1. The minimum absolute atomic E-state index is 0.00168. The number of nitrogens with one attached hydrogen (secondary N) is 6. The van der Waals surface area contributed by atoms with Crippen LogP contribution in [-0.4, -0.2) is 287 Å². The van der Waals surface area contributed by atoms with Crippen molar-refractivity contribution in [2.75, 3.05) is 84.1 Å². The van der Waals surface area contributed by atoms with Gasteiger partial charge in [-0.05, 0) is 81.8 Å². The molecule has 5 amide bonds. The van der Waals surface area contributed by atoms with Crippen LogP contribution in [0.3, 0.4) is 0 Å². The standard InChI is InChI=1S/C69H94N12O23S2/c1-8-47(82)70-43(31-48(83)84)55(89)72-42(29-36-33-81(77-74-36)25-26-102-58-51(87)49(85)50(86)52(104-58)57(92)93)54(88)73-44(56(90)91)34-106-105-28-27-103-64(97)76-75-62(95)69(99)60-68(21-24-80-22-14-19-66(10-3,59(68)80)61(69)94)39-30-40(46(100-6)32-45(39)79(60)5)67(63(96)101-7)20-13-18-65(98,9-2)35-78(4)23-17-38-37-15-11-12-16-41(37)71-53(38)67/h11-12,14-16,19,30,32-33,42-44,49-52,58-61,71,85-87,94,98-99H,8-10,13,17-18,20-29,31,34-35H2,1-7H3,(H,70,82)(H,72,89)(H,73,88)(H,75,95)(H,76,97)(H,83,84)(H,90,91)(H,92,93)/t42-,43-,44-,49-,50-,51?,52?,58+,59-,60+,61+,65-,66+,67-,68+,69-/m0/s1. The number of amides is 5. The third kappa shape index (κ3) is 15.4. The predicted molar refractivity (Wildman–Crippen MR) is 379 cm³/mol. The number of aliphatic hydroxyl groups excluding tert-OH is 4. The second kappa shape index (κ2) is 33.1. The maximum atomic E-state index is 15.5. The van der Waals surface area contributed by atoms with Gasteiger partial charge in [-0.2, -0.15) is 0 Å². The lowest BCUT2D eigenvalue weighted by Crippen LogP contribution is -2.82. The molecule has 35 nitrogen and oxygen atoms in total.